The second-order valence-corrected chi connectivity index (χ2v) is 5.45. The van der Waals surface area contributed by atoms with E-state index in [1.807, 2.05) is 0 Å². The molecule has 0 spiro atoms. The van der Waals surface area contributed by atoms with Crippen molar-refractivity contribution < 1.29 is 4.74 Å². The summed E-state index contributed by atoms with van der Waals surface area (Å²) in [7, 11) is 0. The lowest BCUT2D eigenvalue weighted by atomic mass is 9.68. The van der Waals surface area contributed by atoms with Gasteiger partial charge in [-0.1, -0.05) is 13.8 Å². The molecule has 2 rings (SSSR count). The zero-order chi connectivity index (χ0) is 10.2. The highest BCUT2D eigenvalue weighted by atomic mass is 16.5. The standard InChI is InChI=1S/C11H22N2O/c1-11(2)5-9(6-11)13-3-4-14-10(7-12)8-13/h9-10H,3-8,12H2,1-2H3. The zero-order valence-electron chi connectivity index (χ0n) is 9.33. The van der Waals surface area contributed by atoms with Gasteiger partial charge in [0, 0.05) is 25.7 Å². The summed E-state index contributed by atoms with van der Waals surface area (Å²) in [6, 6.07) is 0.794. The molecular weight excluding hydrogens is 176 g/mol. The van der Waals surface area contributed by atoms with Crippen LogP contribution in [-0.4, -0.2) is 43.3 Å². The Labute approximate surface area is 86.6 Å². The summed E-state index contributed by atoms with van der Waals surface area (Å²) in [5.41, 5.74) is 6.20. The Hall–Kier alpha value is -0.120. The maximum absolute atomic E-state index is 5.63. The summed E-state index contributed by atoms with van der Waals surface area (Å²) in [6.07, 6.45) is 2.95. The minimum Gasteiger partial charge on any atom is -0.374 e. The highest BCUT2D eigenvalue weighted by Gasteiger charge is 2.40. The van der Waals surface area contributed by atoms with E-state index in [2.05, 4.69) is 18.7 Å². The van der Waals surface area contributed by atoms with Crippen molar-refractivity contribution in [3.63, 3.8) is 0 Å². The Balaban J connectivity index is 1.81. The quantitative estimate of drug-likeness (QED) is 0.714. The molecule has 0 amide bonds. The molecule has 2 aliphatic rings. The first-order chi connectivity index (χ1) is 6.61. The molecule has 2 N–H and O–H groups in total. The topological polar surface area (TPSA) is 38.5 Å². The van der Waals surface area contributed by atoms with Crippen molar-refractivity contribution in [3.8, 4) is 0 Å². The van der Waals surface area contributed by atoms with E-state index in [4.69, 9.17) is 10.5 Å². The molecule has 1 saturated carbocycles. The highest BCUT2D eigenvalue weighted by Crippen LogP contribution is 2.42. The summed E-state index contributed by atoms with van der Waals surface area (Å²) in [4.78, 5) is 2.56. The first-order valence-electron chi connectivity index (χ1n) is 5.66. The maximum Gasteiger partial charge on any atom is 0.0824 e. The van der Waals surface area contributed by atoms with Gasteiger partial charge < -0.3 is 10.5 Å². The third kappa shape index (κ3) is 2.10. The number of hydrogen-bond acceptors (Lipinski definition) is 3. The Morgan fingerprint density at radius 2 is 2.14 bits per heavy atom. The third-order valence-corrected chi connectivity index (χ3v) is 3.53. The fourth-order valence-corrected chi connectivity index (χ4v) is 2.69. The molecule has 14 heavy (non-hydrogen) atoms. The average Bonchev–Trinajstić information content (AvgIpc) is 2.14. The second-order valence-electron chi connectivity index (χ2n) is 5.45. The lowest BCUT2D eigenvalue weighted by Gasteiger charge is -2.50. The molecule has 1 unspecified atom stereocenters. The lowest BCUT2D eigenvalue weighted by molar-refractivity contribution is -0.0734. The molecule has 82 valence electrons. The van der Waals surface area contributed by atoms with E-state index in [0.717, 1.165) is 25.7 Å². The van der Waals surface area contributed by atoms with Gasteiger partial charge in [0.2, 0.25) is 0 Å². The van der Waals surface area contributed by atoms with Crippen LogP contribution in [0.1, 0.15) is 26.7 Å². The summed E-state index contributed by atoms with van der Waals surface area (Å²) >= 11 is 0. The molecule has 1 aliphatic heterocycles. The van der Waals surface area contributed by atoms with E-state index in [1.54, 1.807) is 0 Å². The first-order valence-corrected chi connectivity index (χ1v) is 5.66. The van der Waals surface area contributed by atoms with Gasteiger partial charge in [-0.05, 0) is 18.3 Å². The van der Waals surface area contributed by atoms with Gasteiger partial charge in [-0.25, -0.2) is 0 Å². The van der Waals surface area contributed by atoms with Crippen LogP contribution in [-0.2, 0) is 4.74 Å². The minimum absolute atomic E-state index is 0.271. The van der Waals surface area contributed by atoms with Crippen molar-refractivity contribution in [3.05, 3.63) is 0 Å². The Kier molecular flexibility index (Phi) is 2.82. The Morgan fingerprint density at radius 1 is 1.43 bits per heavy atom. The van der Waals surface area contributed by atoms with Gasteiger partial charge >= 0.3 is 0 Å². The van der Waals surface area contributed by atoms with Crippen molar-refractivity contribution in [2.75, 3.05) is 26.2 Å². The van der Waals surface area contributed by atoms with Crippen LogP contribution in [0.3, 0.4) is 0 Å². The maximum atomic E-state index is 5.63. The first kappa shape index (κ1) is 10.4. The molecule has 3 heteroatoms. The number of morpholine rings is 1. The molecule has 0 aromatic carbocycles. The highest BCUT2D eigenvalue weighted by molar-refractivity contribution is 4.94. The van der Waals surface area contributed by atoms with Gasteiger partial charge in [0.1, 0.15) is 0 Å². The molecule has 1 atom stereocenters. The molecule has 0 bridgehead atoms. The minimum atomic E-state index is 0.271. The van der Waals surface area contributed by atoms with Gasteiger partial charge in [-0.2, -0.15) is 0 Å². The molecule has 0 radical (unpaired) electrons. The fourth-order valence-electron chi connectivity index (χ4n) is 2.69. The Morgan fingerprint density at radius 3 is 2.71 bits per heavy atom. The van der Waals surface area contributed by atoms with Crippen molar-refractivity contribution in [1.82, 2.24) is 4.90 Å². The van der Waals surface area contributed by atoms with Crippen molar-refractivity contribution in [2.24, 2.45) is 11.1 Å². The van der Waals surface area contributed by atoms with Crippen LogP contribution >= 0.6 is 0 Å². The van der Waals surface area contributed by atoms with E-state index in [1.165, 1.54) is 12.8 Å². The van der Waals surface area contributed by atoms with Crippen LogP contribution in [0.15, 0.2) is 0 Å². The molecular formula is C11H22N2O. The van der Waals surface area contributed by atoms with Crippen LogP contribution in [0.25, 0.3) is 0 Å². The fraction of sp³-hybridized carbons (Fsp3) is 1.00. The third-order valence-electron chi connectivity index (χ3n) is 3.53. The van der Waals surface area contributed by atoms with E-state index >= 15 is 0 Å². The summed E-state index contributed by atoms with van der Waals surface area (Å²) in [5, 5.41) is 0. The van der Waals surface area contributed by atoms with Crippen LogP contribution in [0.2, 0.25) is 0 Å². The normalized spacial score (nSPS) is 34.1. The smallest absolute Gasteiger partial charge is 0.0824 e. The molecule has 1 heterocycles. The Bertz CT molecular complexity index is 197. The van der Waals surface area contributed by atoms with Crippen molar-refractivity contribution >= 4 is 0 Å². The SMILES string of the molecule is CC1(C)CC(N2CCOC(CN)C2)C1. The number of nitrogens with two attached hydrogens (primary N) is 1. The average molecular weight is 198 g/mol. The van der Waals surface area contributed by atoms with Gasteiger partial charge in [0.15, 0.2) is 0 Å². The summed E-state index contributed by atoms with van der Waals surface area (Å²) in [6.45, 7) is 8.36. The summed E-state index contributed by atoms with van der Waals surface area (Å²) in [5.74, 6) is 0. The number of hydrogen-bond donors (Lipinski definition) is 1. The lowest BCUT2D eigenvalue weighted by Crippen LogP contribution is -2.55. The number of rotatable bonds is 2. The van der Waals surface area contributed by atoms with Crippen LogP contribution in [0.5, 0.6) is 0 Å². The molecule has 0 aromatic heterocycles. The van der Waals surface area contributed by atoms with Crippen LogP contribution in [0.4, 0.5) is 0 Å². The van der Waals surface area contributed by atoms with Gasteiger partial charge in [0.05, 0.1) is 12.7 Å². The van der Waals surface area contributed by atoms with E-state index < -0.39 is 0 Å². The van der Waals surface area contributed by atoms with E-state index in [0.29, 0.717) is 12.0 Å². The van der Waals surface area contributed by atoms with Gasteiger partial charge in [-0.15, -0.1) is 0 Å². The van der Waals surface area contributed by atoms with E-state index in [9.17, 15) is 0 Å². The van der Waals surface area contributed by atoms with Crippen LogP contribution in [0, 0.1) is 5.41 Å². The van der Waals surface area contributed by atoms with Crippen molar-refractivity contribution in [1.29, 1.82) is 0 Å². The molecule has 3 nitrogen and oxygen atoms in total. The summed E-state index contributed by atoms with van der Waals surface area (Å²) < 4.78 is 5.56. The zero-order valence-corrected chi connectivity index (χ0v) is 9.33. The van der Waals surface area contributed by atoms with Crippen LogP contribution < -0.4 is 5.73 Å². The monoisotopic (exact) mass is 198 g/mol. The number of nitrogens with zero attached hydrogens (tertiary/aromatic N) is 1. The van der Waals surface area contributed by atoms with Gasteiger partial charge in [0.25, 0.3) is 0 Å². The predicted molar refractivity (Wildman–Crippen MR) is 57.2 cm³/mol. The molecule has 0 aromatic rings. The predicted octanol–water partition coefficient (Wildman–Crippen LogP) is 0.834. The number of ether oxygens (including phenoxy) is 1. The molecule has 2 fully saturated rings. The van der Waals surface area contributed by atoms with E-state index in [-0.39, 0.29) is 6.10 Å². The van der Waals surface area contributed by atoms with Crippen molar-refractivity contribution in [2.45, 2.75) is 38.8 Å². The molecule has 1 aliphatic carbocycles. The molecule has 1 saturated heterocycles. The largest absolute Gasteiger partial charge is 0.374 e. The second kappa shape index (κ2) is 3.80. The van der Waals surface area contributed by atoms with Gasteiger partial charge in [-0.3, -0.25) is 4.90 Å².